The average Bonchev–Trinajstić information content (AvgIpc) is 2.54. The van der Waals surface area contributed by atoms with Crippen LogP contribution in [0.25, 0.3) is 11.5 Å². The van der Waals surface area contributed by atoms with Crippen molar-refractivity contribution in [3.05, 3.63) is 52.5 Å². The molecule has 3 rings (SSSR count). The van der Waals surface area contributed by atoms with Crippen molar-refractivity contribution >= 4 is 35.0 Å². The maximum Gasteiger partial charge on any atom is 0.433 e. The van der Waals surface area contributed by atoms with Gasteiger partial charge in [-0.1, -0.05) is 23.7 Å². The van der Waals surface area contributed by atoms with E-state index in [0.29, 0.717) is 5.82 Å². The Kier molecular flexibility index (Phi) is 4.69. The number of halogens is 5. The van der Waals surface area contributed by atoms with Crippen LogP contribution in [0.5, 0.6) is 0 Å². The zero-order valence-corrected chi connectivity index (χ0v) is 13.6. The molecule has 3 heterocycles. The van der Waals surface area contributed by atoms with Crippen molar-refractivity contribution in [2.75, 3.05) is 5.32 Å². The minimum Gasteiger partial charge on any atom is -0.309 e. The quantitative estimate of drug-likeness (QED) is 0.672. The van der Waals surface area contributed by atoms with Gasteiger partial charge in [-0.25, -0.2) is 9.97 Å². The Bertz CT molecular complexity index is 919. The van der Waals surface area contributed by atoms with Crippen LogP contribution < -0.4 is 5.32 Å². The molecule has 1 N–H and O–H groups in total. The number of aromatic nitrogens is 5. The molecule has 0 aliphatic heterocycles. The van der Waals surface area contributed by atoms with Crippen LogP contribution in [0.3, 0.4) is 0 Å². The monoisotopic (exact) mass is 386 g/mol. The second-order valence-electron chi connectivity index (χ2n) is 4.63. The highest BCUT2D eigenvalue weighted by atomic mass is 35.5. The van der Waals surface area contributed by atoms with Gasteiger partial charge in [0.05, 0.1) is 0 Å². The molecule has 0 atom stereocenters. The van der Waals surface area contributed by atoms with E-state index in [4.69, 9.17) is 23.2 Å². The molecule has 0 aromatic carbocycles. The highest BCUT2D eigenvalue weighted by molar-refractivity contribution is 6.29. The summed E-state index contributed by atoms with van der Waals surface area (Å²) in [5.41, 5.74) is -1.16. The highest BCUT2D eigenvalue weighted by Gasteiger charge is 2.32. The number of nitrogens with zero attached hydrogens (tertiary/aromatic N) is 5. The van der Waals surface area contributed by atoms with E-state index in [9.17, 15) is 13.2 Å². The van der Waals surface area contributed by atoms with E-state index in [0.717, 1.165) is 6.07 Å². The molecular formula is C14H7Cl2F3N6. The maximum absolute atomic E-state index is 12.8. The van der Waals surface area contributed by atoms with E-state index >= 15 is 0 Å². The van der Waals surface area contributed by atoms with Gasteiger partial charge in [-0.3, -0.25) is 0 Å². The molecule has 0 aliphatic rings. The van der Waals surface area contributed by atoms with Gasteiger partial charge in [0, 0.05) is 0 Å². The van der Waals surface area contributed by atoms with Crippen molar-refractivity contribution in [3.8, 4) is 11.5 Å². The van der Waals surface area contributed by atoms with Crippen LogP contribution in [0.1, 0.15) is 5.69 Å². The lowest BCUT2D eigenvalue weighted by atomic mass is 10.3. The van der Waals surface area contributed by atoms with E-state index in [1.165, 1.54) is 12.1 Å². The van der Waals surface area contributed by atoms with E-state index in [2.05, 4.69) is 30.2 Å². The topological polar surface area (TPSA) is 76.5 Å². The molecule has 25 heavy (non-hydrogen) atoms. The number of rotatable bonds is 3. The summed E-state index contributed by atoms with van der Waals surface area (Å²) in [7, 11) is 0. The van der Waals surface area contributed by atoms with Gasteiger partial charge in [-0.2, -0.15) is 28.1 Å². The number of pyridine rings is 2. The first-order chi connectivity index (χ1) is 11.8. The molecule has 0 fully saturated rings. The fraction of sp³-hybridized carbons (Fsp3) is 0.0714. The van der Waals surface area contributed by atoms with Gasteiger partial charge in [0.2, 0.25) is 11.2 Å². The fourth-order valence-electron chi connectivity index (χ4n) is 1.83. The third-order valence-corrected chi connectivity index (χ3v) is 3.21. The van der Waals surface area contributed by atoms with E-state index < -0.39 is 11.9 Å². The summed E-state index contributed by atoms with van der Waals surface area (Å²) in [6.45, 7) is 0. The van der Waals surface area contributed by atoms with Gasteiger partial charge < -0.3 is 5.32 Å². The van der Waals surface area contributed by atoms with Gasteiger partial charge in [0.25, 0.3) is 0 Å². The molecule has 0 amide bonds. The number of alkyl halides is 3. The Morgan fingerprint density at radius 3 is 2.32 bits per heavy atom. The number of nitrogens with one attached hydrogen (secondary N) is 1. The van der Waals surface area contributed by atoms with E-state index in [-0.39, 0.29) is 27.9 Å². The molecule has 0 radical (unpaired) electrons. The third kappa shape index (κ3) is 4.31. The van der Waals surface area contributed by atoms with Crippen molar-refractivity contribution in [3.63, 3.8) is 0 Å². The third-order valence-electron chi connectivity index (χ3n) is 2.83. The van der Waals surface area contributed by atoms with Crippen molar-refractivity contribution in [2.24, 2.45) is 0 Å². The van der Waals surface area contributed by atoms with E-state index in [1.54, 1.807) is 18.2 Å². The first-order valence-electron chi connectivity index (χ1n) is 6.67. The van der Waals surface area contributed by atoms with Gasteiger partial charge in [0.15, 0.2) is 5.82 Å². The lowest BCUT2D eigenvalue weighted by Crippen LogP contribution is -2.09. The fourth-order valence-corrected chi connectivity index (χ4v) is 2.15. The van der Waals surface area contributed by atoms with Gasteiger partial charge in [0.1, 0.15) is 22.4 Å². The molecule has 6 nitrogen and oxygen atoms in total. The Morgan fingerprint density at radius 1 is 0.840 bits per heavy atom. The first kappa shape index (κ1) is 17.3. The largest absolute Gasteiger partial charge is 0.433 e. The average molecular weight is 387 g/mol. The van der Waals surface area contributed by atoms with Gasteiger partial charge in [-0.05, 0) is 35.9 Å². The summed E-state index contributed by atoms with van der Waals surface area (Å²) in [6, 6.07) is 8.21. The van der Waals surface area contributed by atoms with Crippen molar-refractivity contribution in [2.45, 2.75) is 6.18 Å². The van der Waals surface area contributed by atoms with Crippen LogP contribution in [-0.4, -0.2) is 24.9 Å². The lowest BCUT2D eigenvalue weighted by molar-refractivity contribution is -0.141. The Labute approximate surface area is 149 Å². The summed E-state index contributed by atoms with van der Waals surface area (Å²) < 4.78 is 38.4. The molecule has 11 heteroatoms. The summed E-state index contributed by atoms with van der Waals surface area (Å²) >= 11 is 11.6. The Morgan fingerprint density at radius 2 is 1.60 bits per heavy atom. The maximum atomic E-state index is 12.8. The van der Waals surface area contributed by atoms with Crippen LogP contribution in [0, 0.1) is 0 Å². The van der Waals surface area contributed by atoms with Crippen LogP contribution in [-0.2, 0) is 6.18 Å². The zero-order valence-electron chi connectivity index (χ0n) is 12.1. The Hall–Kier alpha value is -2.52. The van der Waals surface area contributed by atoms with Gasteiger partial charge in [-0.15, -0.1) is 0 Å². The first-order valence-corrected chi connectivity index (χ1v) is 7.42. The summed E-state index contributed by atoms with van der Waals surface area (Å²) in [5.74, 6) is 0.206. The second kappa shape index (κ2) is 6.77. The van der Waals surface area contributed by atoms with E-state index in [1.807, 2.05) is 0 Å². The molecule has 128 valence electrons. The zero-order chi connectivity index (χ0) is 18.0. The van der Waals surface area contributed by atoms with Crippen molar-refractivity contribution < 1.29 is 13.2 Å². The standard InChI is InChI=1S/C14H7Cl2F3N6/c15-9-5-2-6-10(21-9)22-13-24-11(23-12(16)25-13)7-3-1-4-8(20-7)14(17,18)19/h1-6H,(H,21,22,23,24,25). The van der Waals surface area contributed by atoms with Gasteiger partial charge >= 0.3 is 6.18 Å². The second-order valence-corrected chi connectivity index (χ2v) is 5.35. The molecule has 0 saturated heterocycles. The number of hydrogen-bond donors (Lipinski definition) is 1. The summed E-state index contributed by atoms with van der Waals surface area (Å²) in [6.07, 6.45) is -4.58. The highest BCUT2D eigenvalue weighted by Crippen LogP contribution is 2.29. The molecular weight excluding hydrogens is 380 g/mol. The van der Waals surface area contributed by atoms with Crippen LogP contribution in [0.15, 0.2) is 36.4 Å². The Balaban J connectivity index is 1.97. The van der Waals surface area contributed by atoms with Crippen molar-refractivity contribution in [1.82, 2.24) is 24.9 Å². The smallest absolute Gasteiger partial charge is 0.309 e. The SMILES string of the molecule is FC(F)(F)c1cccc(-c2nc(Cl)nc(Nc3cccc(Cl)n3)n2)n1. The molecule has 3 aromatic rings. The molecule has 3 aromatic heterocycles. The van der Waals surface area contributed by atoms with Crippen LogP contribution in [0.4, 0.5) is 24.9 Å². The number of hydrogen-bond acceptors (Lipinski definition) is 6. The minimum absolute atomic E-state index is 0.0102. The lowest BCUT2D eigenvalue weighted by Gasteiger charge is -2.08. The summed E-state index contributed by atoms with van der Waals surface area (Å²) in [5, 5.41) is 2.77. The summed E-state index contributed by atoms with van der Waals surface area (Å²) in [4.78, 5) is 19.2. The molecule has 0 aliphatic carbocycles. The molecule has 0 spiro atoms. The number of anilines is 2. The van der Waals surface area contributed by atoms with Crippen molar-refractivity contribution in [1.29, 1.82) is 0 Å². The molecule has 0 unspecified atom stereocenters. The predicted octanol–water partition coefficient (Wildman–Crippen LogP) is 4.40. The van der Waals surface area contributed by atoms with Crippen LogP contribution in [0.2, 0.25) is 10.4 Å². The predicted molar refractivity (Wildman–Crippen MR) is 85.6 cm³/mol. The molecule has 0 bridgehead atoms. The normalized spacial score (nSPS) is 11.4. The molecule has 0 saturated carbocycles. The minimum atomic E-state index is -4.58. The van der Waals surface area contributed by atoms with Crippen LogP contribution >= 0.6 is 23.2 Å².